The van der Waals surface area contributed by atoms with Crippen LogP contribution in [0.1, 0.15) is 19.4 Å². The van der Waals surface area contributed by atoms with Crippen molar-refractivity contribution in [2.24, 2.45) is 4.99 Å². The van der Waals surface area contributed by atoms with Gasteiger partial charge < -0.3 is 4.74 Å². The van der Waals surface area contributed by atoms with Gasteiger partial charge in [0.05, 0.1) is 24.4 Å². The molecule has 116 valence electrons. The standard InChI is InChI=1S/C15H17N3O4/c1-10(15(19)17-8-11(2)16-9-17)6-12-4-5-14(22-3)13(7-12)18(20)21/h4-7,9,11H,8H2,1-3H3/b10-6+. The van der Waals surface area contributed by atoms with E-state index in [1.165, 1.54) is 30.5 Å². The van der Waals surface area contributed by atoms with Crippen LogP contribution in [-0.2, 0) is 4.79 Å². The van der Waals surface area contributed by atoms with Gasteiger partial charge in [-0.05, 0) is 31.6 Å². The number of methoxy groups -OCH3 is 1. The average Bonchev–Trinajstić information content (AvgIpc) is 2.92. The average molecular weight is 303 g/mol. The molecule has 0 aromatic heterocycles. The summed E-state index contributed by atoms with van der Waals surface area (Å²) in [7, 11) is 1.38. The summed E-state index contributed by atoms with van der Waals surface area (Å²) in [6.45, 7) is 4.15. The first kappa shape index (κ1) is 15.7. The highest BCUT2D eigenvalue weighted by atomic mass is 16.6. The Balaban J connectivity index is 2.25. The van der Waals surface area contributed by atoms with Crippen LogP contribution in [0.4, 0.5) is 5.69 Å². The van der Waals surface area contributed by atoms with E-state index < -0.39 is 4.92 Å². The summed E-state index contributed by atoms with van der Waals surface area (Å²) in [6, 6.07) is 4.67. The molecule has 1 aromatic rings. The molecule has 0 aliphatic carbocycles. The van der Waals surface area contributed by atoms with Gasteiger partial charge in [-0.15, -0.1) is 0 Å². The second-order valence-electron chi connectivity index (χ2n) is 5.09. The molecular formula is C15H17N3O4. The van der Waals surface area contributed by atoms with E-state index in [1.807, 2.05) is 6.92 Å². The molecule has 1 aromatic carbocycles. The summed E-state index contributed by atoms with van der Waals surface area (Å²) >= 11 is 0. The van der Waals surface area contributed by atoms with Gasteiger partial charge in [0.25, 0.3) is 5.91 Å². The summed E-state index contributed by atoms with van der Waals surface area (Å²) in [5.41, 5.74) is 0.926. The number of nitro groups is 1. The number of nitrogens with zero attached hydrogens (tertiary/aromatic N) is 3. The summed E-state index contributed by atoms with van der Waals surface area (Å²) in [6.07, 6.45) is 3.15. The predicted molar refractivity (Wildman–Crippen MR) is 83.0 cm³/mol. The number of aliphatic imine (C=N–C) groups is 1. The normalized spacial score (nSPS) is 17.7. The number of nitro benzene ring substituents is 1. The fourth-order valence-electron chi connectivity index (χ4n) is 2.19. The highest BCUT2D eigenvalue weighted by Gasteiger charge is 2.21. The Kier molecular flexibility index (Phi) is 4.55. The summed E-state index contributed by atoms with van der Waals surface area (Å²) in [5.74, 6) is 0.0261. The number of hydrogen-bond donors (Lipinski definition) is 0. The van der Waals surface area contributed by atoms with Crippen LogP contribution in [0.15, 0.2) is 28.8 Å². The summed E-state index contributed by atoms with van der Waals surface area (Å²) < 4.78 is 4.95. The largest absolute Gasteiger partial charge is 0.490 e. The lowest BCUT2D eigenvalue weighted by Crippen LogP contribution is -2.30. The van der Waals surface area contributed by atoms with Gasteiger partial charge in [-0.25, -0.2) is 0 Å². The number of ether oxygens (including phenoxy) is 1. The van der Waals surface area contributed by atoms with Crippen molar-refractivity contribution in [3.8, 4) is 5.75 Å². The minimum atomic E-state index is -0.512. The molecule has 1 amide bonds. The van der Waals surface area contributed by atoms with Gasteiger partial charge in [0.1, 0.15) is 0 Å². The van der Waals surface area contributed by atoms with E-state index in [4.69, 9.17) is 4.74 Å². The van der Waals surface area contributed by atoms with E-state index in [0.717, 1.165) is 0 Å². The molecule has 0 saturated carbocycles. The van der Waals surface area contributed by atoms with Crippen LogP contribution in [0.3, 0.4) is 0 Å². The van der Waals surface area contributed by atoms with E-state index >= 15 is 0 Å². The van der Waals surface area contributed by atoms with Gasteiger partial charge >= 0.3 is 5.69 Å². The van der Waals surface area contributed by atoms with Crippen molar-refractivity contribution in [1.82, 2.24) is 4.90 Å². The number of amides is 1. The minimum absolute atomic E-state index is 0.0961. The summed E-state index contributed by atoms with van der Waals surface area (Å²) in [4.78, 5) is 28.4. The van der Waals surface area contributed by atoms with Crippen molar-refractivity contribution < 1.29 is 14.5 Å². The third-order valence-electron chi connectivity index (χ3n) is 3.30. The lowest BCUT2D eigenvalue weighted by atomic mass is 10.1. The molecule has 1 aliphatic rings. The van der Waals surface area contributed by atoms with Gasteiger partial charge in [-0.3, -0.25) is 24.8 Å². The van der Waals surface area contributed by atoms with Crippen molar-refractivity contribution in [3.63, 3.8) is 0 Å². The molecule has 0 saturated heterocycles. The molecule has 7 nitrogen and oxygen atoms in total. The molecular weight excluding hydrogens is 286 g/mol. The zero-order chi connectivity index (χ0) is 16.3. The molecule has 1 unspecified atom stereocenters. The monoisotopic (exact) mass is 303 g/mol. The predicted octanol–water partition coefficient (Wildman–Crippen LogP) is 2.27. The second kappa shape index (κ2) is 6.38. The third kappa shape index (κ3) is 3.30. The molecule has 22 heavy (non-hydrogen) atoms. The van der Waals surface area contributed by atoms with E-state index in [0.29, 0.717) is 17.7 Å². The first-order valence-electron chi connectivity index (χ1n) is 6.77. The van der Waals surface area contributed by atoms with Crippen LogP contribution >= 0.6 is 0 Å². The van der Waals surface area contributed by atoms with Crippen LogP contribution in [-0.4, -0.2) is 41.8 Å². The molecule has 0 fully saturated rings. The Labute approximate surface area is 128 Å². The zero-order valence-corrected chi connectivity index (χ0v) is 12.6. The van der Waals surface area contributed by atoms with Crippen molar-refractivity contribution in [1.29, 1.82) is 0 Å². The highest BCUT2D eigenvalue weighted by molar-refractivity contribution is 6.03. The Morgan fingerprint density at radius 2 is 2.27 bits per heavy atom. The lowest BCUT2D eigenvalue weighted by molar-refractivity contribution is -0.385. The van der Waals surface area contributed by atoms with Gasteiger partial charge in [-0.1, -0.05) is 6.07 Å². The maximum atomic E-state index is 12.2. The van der Waals surface area contributed by atoms with Gasteiger partial charge in [0.2, 0.25) is 0 Å². The first-order valence-corrected chi connectivity index (χ1v) is 6.77. The topological polar surface area (TPSA) is 85.0 Å². The van der Waals surface area contributed by atoms with E-state index in [9.17, 15) is 14.9 Å². The maximum Gasteiger partial charge on any atom is 0.311 e. The van der Waals surface area contributed by atoms with Crippen LogP contribution in [0.5, 0.6) is 5.75 Å². The first-order chi connectivity index (χ1) is 10.4. The molecule has 1 heterocycles. The Morgan fingerprint density at radius 3 is 2.82 bits per heavy atom. The molecule has 1 aliphatic heterocycles. The number of hydrogen-bond acceptors (Lipinski definition) is 5. The Bertz CT molecular complexity index is 667. The minimum Gasteiger partial charge on any atom is -0.490 e. The van der Waals surface area contributed by atoms with E-state index in [2.05, 4.69) is 4.99 Å². The molecule has 0 bridgehead atoms. The molecule has 1 atom stereocenters. The molecule has 2 rings (SSSR count). The van der Waals surface area contributed by atoms with Crippen LogP contribution in [0, 0.1) is 10.1 Å². The maximum absolute atomic E-state index is 12.2. The van der Waals surface area contributed by atoms with Crippen molar-refractivity contribution >= 4 is 24.0 Å². The van der Waals surface area contributed by atoms with Crippen LogP contribution in [0.2, 0.25) is 0 Å². The summed E-state index contributed by atoms with van der Waals surface area (Å²) in [5, 5.41) is 11.0. The van der Waals surface area contributed by atoms with Crippen molar-refractivity contribution in [2.45, 2.75) is 19.9 Å². The third-order valence-corrected chi connectivity index (χ3v) is 3.30. The van der Waals surface area contributed by atoms with Gasteiger partial charge in [0.15, 0.2) is 5.75 Å². The number of carbonyl (C=O) groups excluding carboxylic acids is 1. The van der Waals surface area contributed by atoms with Crippen molar-refractivity contribution in [2.75, 3.05) is 13.7 Å². The fraction of sp³-hybridized carbons (Fsp3) is 0.333. The SMILES string of the molecule is COc1ccc(/C=C(\C)C(=O)N2C=NC(C)C2)cc1[N+](=O)[O-]. The molecule has 0 N–H and O–H groups in total. The number of rotatable bonds is 4. The fourth-order valence-corrected chi connectivity index (χ4v) is 2.19. The second-order valence-corrected chi connectivity index (χ2v) is 5.09. The van der Waals surface area contributed by atoms with Gasteiger partial charge in [-0.2, -0.15) is 0 Å². The van der Waals surface area contributed by atoms with Crippen molar-refractivity contribution in [3.05, 3.63) is 39.4 Å². The Morgan fingerprint density at radius 1 is 1.55 bits per heavy atom. The molecule has 0 spiro atoms. The van der Waals surface area contributed by atoms with Crippen LogP contribution < -0.4 is 4.74 Å². The molecule has 0 radical (unpaired) electrons. The van der Waals surface area contributed by atoms with E-state index in [1.54, 1.807) is 19.1 Å². The zero-order valence-electron chi connectivity index (χ0n) is 12.6. The van der Waals surface area contributed by atoms with Gasteiger partial charge in [0, 0.05) is 18.2 Å². The van der Waals surface area contributed by atoms with E-state index in [-0.39, 0.29) is 23.4 Å². The molecule has 7 heteroatoms. The van der Waals surface area contributed by atoms with Crippen LogP contribution in [0.25, 0.3) is 6.08 Å². The number of benzene rings is 1. The Hall–Kier alpha value is -2.70. The quantitative estimate of drug-likeness (QED) is 0.485. The number of carbonyl (C=O) groups is 1. The lowest BCUT2D eigenvalue weighted by Gasteiger charge is -2.13. The highest BCUT2D eigenvalue weighted by Crippen LogP contribution is 2.28. The smallest absolute Gasteiger partial charge is 0.311 e.